The molecule has 0 spiro atoms. The molecule has 1 aromatic heterocycles. The second-order valence-corrected chi connectivity index (χ2v) is 5.70. The van der Waals surface area contributed by atoms with Crippen molar-refractivity contribution < 1.29 is 0 Å². The number of likely N-dealkylation sites (tertiary alicyclic amines) is 1. The average molecular weight is 283 g/mol. The lowest BCUT2D eigenvalue weighted by Crippen LogP contribution is -2.29. The second kappa shape index (κ2) is 7.06. The highest BCUT2D eigenvalue weighted by Crippen LogP contribution is 2.20. The molecule has 0 amide bonds. The molecule has 2 heterocycles. The normalized spacial score (nSPS) is 17.6. The molecule has 1 aliphatic heterocycles. The first-order chi connectivity index (χ1) is 9.20. The second-order valence-electron chi connectivity index (χ2n) is 5.34. The van der Waals surface area contributed by atoms with Gasteiger partial charge in [0.05, 0.1) is 0 Å². The van der Waals surface area contributed by atoms with Crippen molar-refractivity contribution in [3.63, 3.8) is 0 Å². The molecule has 2 rings (SSSR count). The van der Waals surface area contributed by atoms with Crippen LogP contribution in [0.5, 0.6) is 0 Å². The Kier molecular flexibility index (Phi) is 5.40. The summed E-state index contributed by atoms with van der Waals surface area (Å²) in [6.45, 7) is 8.95. The van der Waals surface area contributed by atoms with E-state index >= 15 is 0 Å². The van der Waals surface area contributed by atoms with E-state index in [0.29, 0.717) is 11.1 Å². The largest absolute Gasteiger partial charge is 0.369 e. The maximum Gasteiger partial charge on any atom is 0.137 e. The summed E-state index contributed by atoms with van der Waals surface area (Å²) in [6.07, 6.45) is 5.07. The Morgan fingerprint density at radius 1 is 1.37 bits per heavy atom. The molecule has 1 aromatic rings. The molecule has 4 nitrogen and oxygen atoms in total. The number of aromatic nitrogens is 2. The minimum atomic E-state index is 0.562. The van der Waals surface area contributed by atoms with Crippen LogP contribution in [0.1, 0.15) is 32.3 Å². The van der Waals surface area contributed by atoms with Crippen LogP contribution >= 0.6 is 11.6 Å². The van der Waals surface area contributed by atoms with Crippen molar-refractivity contribution in [2.24, 2.45) is 5.92 Å². The summed E-state index contributed by atoms with van der Waals surface area (Å²) >= 11 is 6.08. The SMILES string of the molecule is CCc1c(Cl)ncnc1NCC(C)CN1CCCC1. The Morgan fingerprint density at radius 3 is 2.79 bits per heavy atom. The fourth-order valence-electron chi connectivity index (χ4n) is 2.60. The van der Waals surface area contributed by atoms with Gasteiger partial charge in [0.2, 0.25) is 0 Å². The zero-order chi connectivity index (χ0) is 13.7. The lowest BCUT2D eigenvalue weighted by Gasteiger charge is -2.21. The lowest BCUT2D eigenvalue weighted by atomic mass is 10.1. The van der Waals surface area contributed by atoms with E-state index in [2.05, 4.69) is 34.0 Å². The molecule has 1 aliphatic rings. The van der Waals surface area contributed by atoms with Gasteiger partial charge in [-0.1, -0.05) is 25.4 Å². The third-order valence-corrected chi connectivity index (χ3v) is 3.96. The number of anilines is 1. The molecule has 1 saturated heterocycles. The Labute approximate surface area is 120 Å². The van der Waals surface area contributed by atoms with Gasteiger partial charge in [-0.2, -0.15) is 0 Å². The molecule has 0 radical (unpaired) electrons. The third-order valence-electron chi connectivity index (χ3n) is 3.63. The van der Waals surface area contributed by atoms with Crippen LogP contribution in [0.2, 0.25) is 5.15 Å². The van der Waals surface area contributed by atoms with Gasteiger partial charge in [-0.15, -0.1) is 0 Å². The van der Waals surface area contributed by atoms with E-state index in [9.17, 15) is 0 Å². The minimum absolute atomic E-state index is 0.562. The molecule has 106 valence electrons. The number of halogens is 1. The van der Waals surface area contributed by atoms with Crippen LogP contribution < -0.4 is 5.32 Å². The smallest absolute Gasteiger partial charge is 0.137 e. The van der Waals surface area contributed by atoms with Gasteiger partial charge in [-0.3, -0.25) is 0 Å². The summed E-state index contributed by atoms with van der Waals surface area (Å²) in [5, 5.41) is 3.98. The maximum atomic E-state index is 6.08. The lowest BCUT2D eigenvalue weighted by molar-refractivity contribution is 0.294. The van der Waals surface area contributed by atoms with Crippen molar-refractivity contribution in [2.45, 2.75) is 33.1 Å². The minimum Gasteiger partial charge on any atom is -0.369 e. The molecular weight excluding hydrogens is 260 g/mol. The van der Waals surface area contributed by atoms with Gasteiger partial charge >= 0.3 is 0 Å². The molecule has 0 bridgehead atoms. The molecule has 19 heavy (non-hydrogen) atoms. The number of hydrogen-bond acceptors (Lipinski definition) is 4. The van der Waals surface area contributed by atoms with Gasteiger partial charge < -0.3 is 10.2 Å². The standard InChI is InChI=1S/C14H23ClN4/c1-3-12-13(15)17-10-18-14(12)16-8-11(2)9-19-6-4-5-7-19/h10-11H,3-9H2,1-2H3,(H,16,17,18). The van der Waals surface area contributed by atoms with Gasteiger partial charge in [-0.05, 0) is 38.3 Å². The average Bonchev–Trinajstić information content (AvgIpc) is 2.89. The number of rotatable bonds is 6. The molecular formula is C14H23ClN4. The molecule has 0 aromatic carbocycles. The molecule has 1 fully saturated rings. The molecule has 5 heteroatoms. The highest BCUT2D eigenvalue weighted by atomic mass is 35.5. The fraction of sp³-hybridized carbons (Fsp3) is 0.714. The number of nitrogens with one attached hydrogen (secondary N) is 1. The van der Waals surface area contributed by atoms with Crippen LogP contribution in [-0.2, 0) is 6.42 Å². The molecule has 0 saturated carbocycles. The highest BCUT2D eigenvalue weighted by molar-refractivity contribution is 6.30. The summed E-state index contributed by atoms with van der Waals surface area (Å²) in [6, 6.07) is 0. The van der Waals surface area contributed by atoms with Gasteiger partial charge in [0.15, 0.2) is 0 Å². The van der Waals surface area contributed by atoms with E-state index < -0.39 is 0 Å². The van der Waals surface area contributed by atoms with E-state index in [-0.39, 0.29) is 0 Å². The predicted octanol–water partition coefficient (Wildman–Crippen LogP) is 2.84. The summed E-state index contributed by atoms with van der Waals surface area (Å²) in [5.41, 5.74) is 1.01. The van der Waals surface area contributed by atoms with E-state index in [0.717, 1.165) is 30.9 Å². The zero-order valence-electron chi connectivity index (χ0n) is 11.8. The Morgan fingerprint density at radius 2 is 2.11 bits per heavy atom. The van der Waals surface area contributed by atoms with Gasteiger partial charge in [0.25, 0.3) is 0 Å². The molecule has 1 N–H and O–H groups in total. The van der Waals surface area contributed by atoms with Gasteiger partial charge in [0.1, 0.15) is 17.3 Å². The van der Waals surface area contributed by atoms with Crippen molar-refractivity contribution in [1.29, 1.82) is 0 Å². The first-order valence-corrected chi connectivity index (χ1v) is 7.54. The van der Waals surface area contributed by atoms with E-state index in [1.54, 1.807) is 0 Å². The van der Waals surface area contributed by atoms with Crippen LogP contribution in [0, 0.1) is 5.92 Å². The van der Waals surface area contributed by atoms with Crippen molar-refractivity contribution in [1.82, 2.24) is 14.9 Å². The number of hydrogen-bond donors (Lipinski definition) is 1. The van der Waals surface area contributed by atoms with E-state index in [4.69, 9.17) is 11.6 Å². The maximum absolute atomic E-state index is 6.08. The predicted molar refractivity (Wildman–Crippen MR) is 79.7 cm³/mol. The van der Waals surface area contributed by atoms with Crippen molar-refractivity contribution >= 4 is 17.4 Å². The number of nitrogens with zero attached hydrogens (tertiary/aromatic N) is 3. The Balaban J connectivity index is 1.85. The van der Waals surface area contributed by atoms with Crippen LogP contribution in [0.15, 0.2) is 6.33 Å². The first kappa shape index (κ1) is 14.5. The summed E-state index contributed by atoms with van der Waals surface area (Å²) in [5.74, 6) is 1.49. The van der Waals surface area contributed by atoms with Crippen LogP contribution in [0.3, 0.4) is 0 Å². The van der Waals surface area contributed by atoms with Crippen molar-refractivity contribution in [3.05, 3.63) is 17.0 Å². The zero-order valence-corrected chi connectivity index (χ0v) is 12.6. The Hall–Kier alpha value is -0.870. The first-order valence-electron chi connectivity index (χ1n) is 7.16. The van der Waals surface area contributed by atoms with E-state index in [1.165, 1.54) is 32.3 Å². The monoisotopic (exact) mass is 282 g/mol. The van der Waals surface area contributed by atoms with E-state index in [1.807, 2.05) is 0 Å². The van der Waals surface area contributed by atoms with Gasteiger partial charge in [-0.25, -0.2) is 9.97 Å². The van der Waals surface area contributed by atoms with Crippen molar-refractivity contribution in [3.8, 4) is 0 Å². The molecule has 1 unspecified atom stereocenters. The Bertz CT molecular complexity index is 404. The van der Waals surface area contributed by atoms with Crippen LogP contribution in [0.4, 0.5) is 5.82 Å². The molecule has 0 aliphatic carbocycles. The summed E-state index contributed by atoms with van der Waals surface area (Å²) in [7, 11) is 0. The highest BCUT2D eigenvalue weighted by Gasteiger charge is 2.15. The quantitative estimate of drug-likeness (QED) is 0.815. The van der Waals surface area contributed by atoms with Gasteiger partial charge in [0, 0.05) is 18.7 Å². The van der Waals surface area contributed by atoms with Crippen molar-refractivity contribution in [2.75, 3.05) is 31.5 Å². The van der Waals surface area contributed by atoms with Crippen LogP contribution in [0.25, 0.3) is 0 Å². The summed E-state index contributed by atoms with van der Waals surface area (Å²) in [4.78, 5) is 10.9. The third kappa shape index (κ3) is 4.05. The summed E-state index contributed by atoms with van der Waals surface area (Å²) < 4.78 is 0. The van der Waals surface area contributed by atoms with Crippen LogP contribution in [-0.4, -0.2) is 41.0 Å². The fourth-order valence-corrected chi connectivity index (χ4v) is 2.86. The molecule has 1 atom stereocenters. The topological polar surface area (TPSA) is 41.1 Å².